The van der Waals surface area contributed by atoms with Gasteiger partial charge in [0, 0.05) is 10.5 Å². The molecule has 0 saturated carbocycles. The fraction of sp³-hybridized carbons (Fsp3) is 0.308. The average molecular weight is 311 g/mol. The molecule has 0 aliphatic heterocycles. The van der Waals surface area contributed by atoms with Crippen molar-refractivity contribution in [1.29, 1.82) is 0 Å². The van der Waals surface area contributed by atoms with Gasteiger partial charge in [-0.1, -0.05) is 28.1 Å². The van der Waals surface area contributed by atoms with Crippen LogP contribution in [0.5, 0.6) is 5.88 Å². The minimum Gasteiger partial charge on any atom is -0.493 e. The Kier molecular flexibility index (Phi) is 3.61. The largest absolute Gasteiger partial charge is 0.493 e. The lowest BCUT2D eigenvalue weighted by Crippen LogP contribution is -2.25. The first-order valence-electron chi connectivity index (χ1n) is 5.74. The van der Waals surface area contributed by atoms with Crippen LogP contribution in [0.25, 0.3) is 0 Å². The molecule has 0 saturated heterocycles. The Labute approximate surface area is 114 Å². The number of benzene rings is 1. The van der Waals surface area contributed by atoms with Gasteiger partial charge in [0.2, 0.25) is 5.88 Å². The molecule has 2 aromatic rings. The van der Waals surface area contributed by atoms with E-state index >= 15 is 0 Å². The lowest BCUT2D eigenvalue weighted by molar-refractivity contribution is 0.395. The molecule has 0 unspecified atom stereocenters. The second-order valence-electron chi connectivity index (χ2n) is 4.49. The predicted molar refractivity (Wildman–Crippen MR) is 74.0 cm³/mol. The minimum absolute atomic E-state index is 0.00658. The van der Waals surface area contributed by atoms with Gasteiger partial charge in [-0.05, 0) is 31.5 Å². The molecule has 5 heteroatoms. The van der Waals surface area contributed by atoms with Crippen molar-refractivity contribution in [2.24, 2.45) is 0 Å². The Morgan fingerprint density at radius 2 is 1.89 bits per heavy atom. The topological polar surface area (TPSA) is 47.2 Å². The smallest absolute Gasteiger partial charge is 0.331 e. The number of aromatic nitrogens is 2. The van der Waals surface area contributed by atoms with Gasteiger partial charge in [-0.15, -0.1) is 0 Å². The van der Waals surface area contributed by atoms with Crippen molar-refractivity contribution in [3.63, 3.8) is 0 Å². The average Bonchev–Trinajstić information content (AvgIpc) is 2.57. The summed E-state index contributed by atoms with van der Waals surface area (Å²) < 4.78 is 3.89. The van der Waals surface area contributed by atoms with Crippen molar-refractivity contribution in [2.75, 3.05) is 0 Å². The van der Waals surface area contributed by atoms with Gasteiger partial charge < -0.3 is 5.11 Å². The molecule has 0 fully saturated rings. The lowest BCUT2D eigenvalue weighted by atomic mass is 10.2. The number of imidazole rings is 1. The fourth-order valence-electron chi connectivity index (χ4n) is 1.88. The Bertz CT molecular complexity index is 596. The quantitative estimate of drug-likeness (QED) is 0.947. The summed E-state index contributed by atoms with van der Waals surface area (Å²) in [5.74, 6) is 0.00658. The Morgan fingerprint density at radius 1 is 1.28 bits per heavy atom. The summed E-state index contributed by atoms with van der Waals surface area (Å²) in [5, 5.41) is 9.74. The van der Waals surface area contributed by atoms with Crippen molar-refractivity contribution in [3.8, 4) is 5.88 Å². The lowest BCUT2D eigenvalue weighted by Gasteiger charge is -2.06. The Balaban J connectivity index is 2.33. The van der Waals surface area contributed by atoms with Crippen LogP contribution in [-0.2, 0) is 6.54 Å². The maximum atomic E-state index is 12.1. The molecule has 4 nitrogen and oxygen atoms in total. The summed E-state index contributed by atoms with van der Waals surface area (Å²) >= 11 is 3.37. The van der Waals surface area contributed by atoms with Gasteiger partial charge in [0.25, 0.3) is 0 Å². The van der Waals surface area contributed by atoms with Gasteiger partial charge in [0.15, 0.2) is 0 Å². The van der Waals surface area contributed by atoms with Crippen LogP contribution in [0.15, 0.2) is 39.7 Å². The number of hydrogen-bond donors (Lipinski definition) is 1. The third kappa shape index (κ3) is 2.51. The van der Waals surface area contributed by atoms with Crippen molar-refractivity contribution in [1.82, 2.24) is 9.13 Å². The van der Waals surface area contributed by atoms with E-state index in [4.69, 9.17) is 0 Å². The molecule has 2 rings (SSSR count). The molecule has 0 atom stereocenters. The SMILES string of the molecule is CC(C)n1c(O)cn(Cc2ccc(Br)cc2)c1=O. The fourth-order valence-corrected chi connectivity index (χ4v) is 2.14. The van der Waals surface area contributed by atoms with Crippen molar-refractivity contribution in [3.05, 3.63) is 51.0 Å². The van der Waals surface area contributed by atoms with E-state index in [1.807, 2.05) is 38.1 Å². The third-order valence-corrected chi connectivity index (χ3v) is 3.28. The van der Waals surface area contributed by atoms with Crippen LogP contribution in [0.3, 0.4) is 0 Å². The zero-order valence-corrected chi connectivity index (χ0v) is 11.9. The molecule has 1 N–H and O–H groups in total. The molecule has 0 radical (unpaired) electrons. The van der Waals surface area contributed by atoms with Crippen LogP contribution in [0.2, 0.25) is 0 Å². The number of aromatic hydroxyl groups is 1. The van der Waals surface area contributed by atoms with Gasteiger partial charge in [-0.25, -0.2) is 4.79 Å². The number of rotatable bonds is 3. The number of halogens is 1. The maximum Gasteiger partial charge on any atom is 0.331 e. The van der Waals surface area contributed by atoms with E-state index in [2.05, 4.69) is 15.9 Å². The van der Waals surface area contributed by atoms with Gasteiger partial charge in [0.05, 0.1) is 12.7 Å². The first-order valence-corrected chi connectivity index (χ1v) is 6.53. The highest BCUT2D eigenvalue weighted by atomic mass is 79.9. The molecule has 1 heterocycles. The van der Waals surface area contributed by atoms with Gasteiger partial charge >= 0.3 is 5.69 Å². The molecule has 0 bridgehead atoms. The highest BCUT2D eigenvalue weighted by Gasteiger charge is 2.12. The molecule has 0 spiro atoms. The molecule has 0 aliphatic rings. The van der Waals surface area contributed by atoms with Crippen LogP contribution in [0.4, 0.5) is 0 Å². The maximum absolute atomic E-state index is 12.1. The van der Waals surface area contributed by atoms with Gasteiger partial charge in [0.1, 0.15) is 0 Å². The summed E-state index contributed by atoms with van der Waals surface area (Å²) in [6, 6.07) is 7.70. The van der Waals surface area contributed by atoms with Crippen LogP contribution in [0, 0.1) is 0 Å². The molecule has 96 valence electrons. The molecular weight excluding hydrogens is 296 g/mol. The van der Waals surface area contributed by atoms with Crippen LogP contribution in [-0.4, -0.2) is 14.2 Å². The second kappa shape index (κ2) is 5.02. The molecule has 1 aromatic carbocycles. The molecule has 18 heavy (non-hydrogen) atoms. The highest BCUT2D eigenvalue weighted by molar-refractivity contribution is 9.10. The van der Waals surface area contributed by atoms with E-state index in [0.29, 0.717) is 6.54 Å². The predicted octanol–water partition coefficient (Wildman–Crippen LogP) is 2.75. The summed E-state index contributed by atoms with van der Waals surface area (Å²) in [7, 11) is 0. The van der Waals surface area contributed by atoms with E-state index in [1.165, 1.54) is 15.3 Å². The summed E-state index contributed by atoms with van der Waals surface area (Å²) in [4.78, 5) is 12.1. The molecule has 0 aliphatic carbocycles. The third-order valence-electron chi connectivity index (χ3n) is 2.75. The first kappa shape index (κ1) is 13.0. The van der Waals surface area contributed by atoms with Gasteiger partial charge in [-0.2, -0.15) is 0 Å². The van der Waals surface area contributed by atoms with E-state index in [9.17, 15) is 9.90 Å². The second-order valence-corrected chi connectivity index (χ2v) is 5.40. The number of nitrogens with zero attached hydrogens (tertiary/aromatic N) is 2. The van der Waals surface area contributed by atoms with Crippen LogP contribution >= 0.6 is 15.9 Å². The molecule has 0 amide bonds. The normalized spacial score (nSPS) is 11.1. The van der Waals surface area contributed by atoms with E-state index in [-0.39, 0.29) is 17.6 Å². The van der Waals surface area contributed by atoms with Crippen LogP contribution < -0.4 is 5.69 Å². The summed E-state index contributed by atoms with van der Waals surface area (Å²) in [5.41, 5.74) is 0.826. The first-order chi connectivity index (χ1) is 8.49. The molecule has 1 aromatic heterocycles. The monoisotopic (exact) mass is 310 g/mol. The van der Waals surface area contributed by atoms with E-state index in [1.54, 1.807) is 0 Å². The zero-order valence-electron chi connectivity index (χ0n) is 10.3. The summed E-state index contributed by atoms with van der Waals surface area (Å²) in [6.07, 6.45) is 1.48. The standard InChI is InChI=1S/C13H15BrN2O2/c1-9(2)16-12(17)8-15(13(16)18)7-10-3-5-11(14)6-4-10/h3-6,8-9,17H,7H2,1-2H3. The van der Waals surface area contributed by atoms with Gasteiger partial charge in [-0.3, -0.25) is 9.13 Å². The van der Waals surface area contributed by atoms with Crippen molar-refractivity contribution in [2.45, 2.75) is 26.4 Å². The minimum atomic E-state index is -0.189. The summed E-state index contributed by atoms with van der Waals surface area (Å²) in [6.45, 7) is 4.19. The highest BCUT2D eigenvalue weighted by Crippen LogP contribution is 2.15. The van der Waals surface area contributed by atoms with Crippen LogP contribution in [0.1, 0.15) is 25.5 Å². The number of hydrogen-bond acceptors (Lipinski definition) is 2. The Hall–Kier alpha value is -1.49. The van der Waals surface area contributed by atoms with Crippen molar-refractivity contribution < 1.29 is 5.11 Å². The molecular formula is C13H15BrN2O2. The Morgan fingerprint density at radius 3 is 2.39 bits per heavy atom. The van der Waals surface area contributed by atoms with E-state index < -0.39 is 0 Å². The van der Waals surface area contributed by atoms with Crippen molar-refractivity contribution >= 4 is 15.9 Å². The van der Waals surface area contributed by atoms with E-state index in [0.717, 1.165) is 10.0 Å². The zero-order chi connectivity index (χ0) is 13.3.